The van der Waals surface area contributed by atoms with E-state index in [2.05, 4.69) is 25.7 Å². The zero-order chi connectivity index (χ0) is 30.6. The minimum Gasteiger partial charge on any atom is -0.507 e. The molecule has 224 valence electrons. The van der Waals surface area contributed by atoms with Gasteiger partial charge in [0.25, 0.3) is 0 Å². The number of phenols is 1. The molecule has 1 amide bonds. The lowest BCUT2D eigenvalue weighted by Crippen LogP contribution is -2.19. The second-order valence-electron chi connectivity index (χ2n) is 11.6. The quantitative estimate of drug-likeness (QED) is 0.168. The third kappa shape index (κ3) is 5.69. The molecule has 0 spiro atoms. The average molecular weight is 599 g/mol. The van der Waals surface area contributed by atoms with Crippen LogP contribution >= 0.6 is 0 Å². The monoisotopic (exact) mass is 598 g/mol. The first-order valence-electron chi connectivity index (χ1n) is 14.6. The number of rotatable bonds is 8. The second kappa shape index (κ2) is 10.7. The van der Waals surface area contributed by atoms with Crippen LogP contribution in [0.1, 0.15) is 67.2 Å². The van der Waals surface area contributed by atoms with Crippen LogP contribution in [0.25, 0.3) is 22.0 Å². The van der Waals surface area contributed by atoms with Gasteiger partial charge < -0.3 is 15.7 Å². The van der Waals surface area contributed by atoms with Gasteiger partial charge in [0, 0.05) is 23.5 Å². The molecule has 1 atom stereocenters. The van der Waals surface area contributed by atoms with Crippen molar-refractivity contribution in [3.8, 4) is 16.9 Å². The number of nitrogens with one attached hydrogen (secondary N) is 2. The van der Waals surface area contributed by atoms with Gasteiger partial charge in [-0.1, -0.05) is 18.2 Å². The summed E-state index contributed by atoms with van der Waals surface area (Å²) < 4.78 is 41.9. The summed E-state index contributed by atoms with van der Waals surface area (Å²) in [6, 6.07) is 15.3. The lowest BCUT2D eigenvalue weighted by atomic mass is 9.94. The van der Waals surface area contributed by atoms with Crippen LogP contribution in [-0.4, -0.2) is 30.8 Å². The molecule has 2 aliphatic rings. The fraction of sp³-hybridized carbons (Fsp3) is 0.273. The predicted octanol–water partition coefficient (Wildman–Crippen LogP) is 7.92. The molecule has 0 radical (unpaired) electrons. The van der Waals surface area contributed by atoms with Crippen molar-refractivity contribution < 1.29 is 23.1 Å². The molecule has 7 rings (SSSR count). The Hall–Kier alpha value is -4.93. The Labute approximate surface area is 251 Å². The Morgan fingerprint density at radius 3 is 2.57 bits per heavy atom. The third-order valence-corrected chi connectivity index (χ3v) is 8.23. The van der Waals surface area contributed by atoms with E-state index >= 15 is 0 Å². The number of carbonyl (C=O) groups excluding carboxylic acids is 1. The maximum atomic E-state index is 13.3. The predicted molar refractivity (Wildman–Crippen MR) is 161 cm³/mol. The Morgan fingerprint density at radius 2 is 1.82 bits per heavy atom. The highest BCUT2D eigenvalue weighted by molar-refractivity contribution is 5.96. The maximum Gasteiger partial charge on any atom is 0.419 e. The summed E-state index contributed by atoms with van der Waals surface area (Å²) in [5.74, 6) is -1.30. The van der Waals surface area contributed by atoms with Crippen molar-refractivity contribution in [1.29, 1.82) is 0 Å². The summed E-state index contributed by atoms with van der Waals surface area (Å²) in [7, 11) is 0. The SMILES string of the molecule is CC(C(=O)Nc1ccc(C2CC2)c(-c2ccc3nc(Nc4cnn(C5CC5)c4)ncc3c2)c1)c1ccc(O)c(C(F)(F)F)c1. The molecular formula is C33H29F3N6O2. The number of alkyl halides is 3. The van der Waals surface area contributed by atoms with E-state index in [4.69, 9.17) is 0 Å². The molecule has 2 heterocycles. The summed E-state index contributed by atoms with van der Waals surface area (Å²) in [5.41, 5.74) is 4.24. The van der Waals surface area contributed by atoms with Crippen LogP contribution in [0.15, 0.2) is 73.2 Å². The van der Waals surface area contributed by atoms with Crippen molar-refractivity contribution in [1.82, 2.24) is 19.7 Å². The van der Waals surface area contributed by atoms with Crippen LogP contribution in [0, 0.1) is 0 Å². The van der Waals surface area contributed by atoms with Crippen LogP contribution in [0.4, 0.5) is 30.5 Å². The van der Waals surface area contributed by atoms with Crippen molar-refractivity contribution in [3.05, 3.63) is 89.9 Å². The lowest BCUT2D eigenvalue weighted by molar-refractivity contribution is -0.138. The fourth-order valence-electron chi connectivity index (χ4n) is 5.42. The highest BCUT2D eigenvalue weighted by atomic mass is 19.4. The van der Waals surface area contributed by atoms with Gasteiger partial charge in [-0.05, 0) is 97.2 Å². The average Bonchev–Trinajstić information content (AvgIpc) is 3.95. The highest BCUT2D eigenvalue weighted by Crippen LogP contribution is 2.46. The third-order valence-electron chi connectivity index (χ3n) is 8.23. The minimum absolute atomic E-state index is 0.155. The van der Waals surface area contributed by atoms with Gasteiger partial charge in [-0.3, -0.25) is 9.48 Å². The van der Waals surface area contributed by atoms with Gasteiger partial charge >= 0.3 is 6.18 Å². The number of anilines is 3. The number of hydrogen-bond acceptors (Lipinski definition) is 6. The van der Waals surface area contributed by atoms with Crippen molar-refractivity contribution in [2.24, 2.45) is 0 Å². The van der Waals surface area contributed by atoms with Gasteiger partial charge in [0.1, 0.15) is 5.75 Å². The first kappa shape index (κ1) is 27.9. The number of halogens is 3. The molecule has 2 fully saturated rings. The molecule has 0 saturated heterocycles. The summed E-state index contributed by atoms with van der Waals surface area (Å²) in [5, 5.41) is 21.0. The van der Waals surface area contributed by atoms with Gasteiger partial charge in [-0.15, -0.1) is 0 Å². The van der Waals surface area contributed by atoms with Crippen LogP contribution in [0.5, 0.6) is 5.75 Å². The number of amides is 1. The molecular weight excluding hydrogens is 569 g/mol. The first-order valence-corrected chi connectivity index (χ1v) is 14.6. The van der Waals surface area contributed by atoms with Crippen molar-refractivity contribution in [3.63, 3.8) is 0 Å². The summed E-state index contributed by atoms with van der Waals surface area (Å²) in [4.78, 5) is 22.3. The van der Waals surface area contributed by atoms with E-state index in [1.807, 2.05) is 47.3 Å². The molecule has 2 aromatic heterocycles. The van der Waals surface area contributed by atoms with Gasteiger partial charge in [-0.25, -0.2) is 9.97 Å². The van der Waals surface area contributed by atoms with E-state index in [9.17, 15) is 23.1 Å². The number of hydrogen-bond donors (Lipinski definition) is 3. The molecule has 2 saturated carbocycles. The van der Waals surface area contributed by atoms with E-state index < -0.39 is 29.3 Å². The molecule has 2 aliphatic carbocycles. The number of fused-ring (bicyclic) bond motifs is 1. The number of nitrogens with zero attached hydrogens (tertiary/aromatic N) is 4. The molecule has 44 heavy (non-hydrogen) atoms. The number of aromatic nitrogens is 4. The Balaban J connectivity index is 1.13. The van der Waals surface area contributed by atoms with Crippen LogP contribution < -0.4 is 10.6 Å². The molecule has 5 aromatic rings. The van der Waals surface area contributed by atoms with Crippen molar-refractivity contribution >= 4 is 34.1 Å². The van der Waals surface area contributed by atoms with Crippen LogP contribution in [0.3, 0.4) is 0 Å². The Morgan fingerprint density at radius 1 is 1.00 bits per heavy atom. The topological polar surface area (TPSA) is 105 Å². The summed E-state index contributed by atoms with van der Waals surface area (Å²) >= 11 is 0. The first-order chi connectivity index (χ1) is 21.1. The number of aromatic hydroxyl groups is 1. The van der Waals surface area contributed by atoms with Gasteiger partial charge in [-0.2, -0.15) is 18.3 Å². The van der Waals surface area contributed by atoms with E-state index in [-0.39, 0.29) is 5.56 Å². The van der Waals surface area contributed by atoms with E-state index in [1.54, 1.807) is 12.4 Å². The normalized spacial score (nSPS) is 15.7. The highest BCUT2D eigenvalue weighted by Gasteiger charge is 2.35. The summed E-state index contributed by atoms with van der Waals surface area (Å²) in [6.07, 6.45) is 5.25. The zero-order valence-electron chi connectivity index (χ0n) is 23.8. The minimum atomic E-state index is -4.73. The largest absolute Gasteiger partial charge is 0.507 e. The molecule has 1 unspecified atom stereocenters. The Bertz CT molecular complexity index is 1890. The molecule has 8 nitrogen and oxygen atoms in total. The fourth-order valence-corrected chi connectivity index (χ4v) is 5.42. The number of carbonyl (C=O) groups is 1. The van der Waals surface area contributed by atoms with Gasteiger partial charge in [0.15, 0.2) is 0 Å². The summed E-state index contributed by atoms with van der Waals surface area (Å²) in [6.45, 7) is 1.53. The Kier molecular flexibility index (Phi) is 6.75. The lowest BCUT2D eigenvalue weighted by Gasteiger charge is -2.17. The molecule has 0 aliphatic heterocycles. The number of phenolic OH excluding ortho intramolecular Hbond substituents is 1. The second-order valence-corrected chi connectivity index (χ2v) is 11.6. The standard InChI is InChI=1S/C33H29F3N6O2/c1-18(20-5-11-30(43)28(13-20)33(34,35)36)31(44)39-23-6-9-26(19-2-3-19)27(14-23)21-4-10-29-22(12-21)15-37-32(41-29)40-24-16-38-42(17-24)25-7-8-25/h4-6,9-19,25,43H,2-3,7-8H2,1H3,(H,39,44)(H,37,40,41). The smallest absolute Gasteiger partial charge is 0.419 e. The molecule has 0 bridgehead atoms. The van der Waals surface area contributed by atoms with E-state index in [0.717, 1.165) is 65.5 Å². The maximum absolute atomic E-state index is 13.3. The number of benzene rings is 3. The van der Waals surface area contributed by atoms with Crippen molar-refractivity contribution in [2.75, 3.05) is 10.6 Å². The van der Waals surface area contributed by atoms with Gasteiger partial charge in [0.05, 0.1) is 34.9 Å². The van der Waals surface area contributed by atoms with Crippen LogP contribution in [-0.2, 0) is 11.0 Å². The zero-order valence-corrected chi connectivity index (χ0v) is 23.8. The van der Waals surface area contributed by atoms with Gasteiger partial charge in [0.2, 0.25) is 11.9 Å². The van der Waals surface area contributed by atoms with E-state index in [1.165, 1.54) is 18.6 Å². The molecule has 11 heteroatoms. The van der Waals surface area contributed by atoms with Crippen molar-refractivity contribution in [2.45, 2.75) is 56.7 Å². The van der Waals surface area contributed by atoms with E-state index in [0.29, 0.717) is 23.6 Å². The van der Waals surface area contributed by atoms with Crippen LogP contribution in [0.2, 0.25) is 0 Å². The molecule has 3 N–H and O–H groups in total. The molecule has 3 aromatic carbocycles.